The van der Waals surface area contributed by atoms with Crippen molar-refractivity contribution >= 4 is 22.6 Å². The molecule has 0 radical (unpaired) electrons. The predicted octanol–water partition coefficient (Wildman–Crippen LogP) is 1.35. The van der Waals surface area contributed by atoms with Crippen LogP contribution in [0.4, 0.5) is 17.6 Å². The highest BCUT2D eigenvalue weighted by Crippen LogP contribution is 2.43. The number of aliphatic hydroxyl groups is 2. The molecular weight excluding hydrogens is 283 g/mol. The highest BCUT2D eigenvalue weighted by atomic mass is 127. The van der Waals surface area contributed by atoms with Crippen LogP contribution in [0.1, 0.15) is 6.92 Å². The van der Waals surface area contributed by atoms with Crippen LogP contribution < -0.4 is 0 Å². The van der Waals surface area contributed by atoms with Crippen molar-refractivity contribution < 1.29 is 27.8 Å². The van der Waals surface area contributed by atoms with Gasteiger partial charge in [0.2, 0.25) is 0 Å². The summed E-state index contributed by atoms with van der Waals surface area (Å²) < 4.78 is 44.5. The van der Waals surface area contributed by atoms with E-state index in [0.717, 1.165) is 0 Å². The summed E-state index contributed by atoms with van der Waals surface area (Å²) in [6.45, 7) is -0.0904. The van der Waals surface area contributed by atoms with Crippen molar-refractivity contribution in [1.29, 1.82) is 0 Å². The van der Waals surface area contributed by atoms with E-state index in [-0.39, 0.29) is 6.92 Å². The van der Waals surface area contributed by atoms with Gasteiger partial charge in [0.05, 0.1) is 0 Å². The predicted molar refractivity (Wildman–Crippen MR) is 36.8 cm³/mol. The molecule has 0 aliphatic carbocycles. The molecule has 0 unspecified atom stereocenters. The van der Waals surface area contributed by atoms with Crippen LogP contribution in [0.2, 0.25) is 0 Å². The zero-order valence-corrected chi connectivity index (χ0v) is 7.44. The quantitative estimate of drug-likeness (QED) is 0.348. The molecule has 0 heterocycles. The Balaban J connectivity index is 4.75. The van der Waals surface area contributed by atoms with Gasteiger partial charge in [-0.3, -0.25) is 0 Å². The topological polar surface area (TPSA) is 40.5 Å². The monoisotopic (exact) mass is 288 g/mol. The van der Waals surface area contributed by atoms with Gasteiger partial charge in [-0.05, 0) is 22.6 Å². The van der Waals surface area contributed by atoms with Crippen molar-refractivity contribution in [2.24, 2.45) is 0 Å². The average molecular weight is 288 g/mol. The summed E-state index contributed by atoms with van der Waals surface area (Å²) in [7, 11) is 0. The van der Waals surface area contributed by atoms with E-state index < -0.39 is 15.6 Å². The van der Waals surface area contributed by atoms with Gasteiger partial charge < -0.3 is 10.2 Å². The van der Waals surface area contributed by atoms with E-state index in [4.69, 9.17) is 10.2 Å². The average Bonchev–Trinajstić information content (AvgIpc) is 1.58. The number of halogens is 5. The van der Waals surface area contributed by atoms with Crippen LogP contribution in [0.3, 0.4) is 0 Å². The Morgan fingerprint density at radius 3 is 1.36 bits per heavy atom. The first kappa shape index (κ1) is 11.4. The third-order valence-corrected chi connectivity index (χ3v) is 1.63. The number of rotatable bonds is 2. The Kier molecular flexibility index (Phi) is 2.79. The van der Waals surface area contributed by atoms with Gasteiger partial charge in [0.25, 0.3) is 3.79 Å². The summed E-state index contributed by atoms with van der Waals surface area (Å²) in [6, 6.07) is 0. The fourth-order valence-corrected chi connectivity index (χ4v) is 0.753. The van der Waals surface area contributed by atoms with Crippen LogP contribution in [0.5, 0.6) is 0 Å². The highest BCUT2D eigenvalue weighted by Gasteiger charge is 2.65. The van der Waals surface area contributed by atoms with Crippen molar-refractivity contribution in [2.45, 2.75) is 22.6 Å². The Labute approximate surface area is 73.3 Å². The molecule has 0 spiro atoms. The van der Waals surface area contributed by atoms with Crippen LogP contribution >= 0.6 is 22.6 Å². The van der Waals surface area contributed by atoms with Crippen molar-refractivity contribution in [3.63, 3.8) is 0 Å². The lowest BCUT2D eigenvalue weighted by Crippen LogP contribution is -2.53. The van der Waals surface area contributed by atoms with Gasteiger partial charge in [-0.15, -0.1) is 0 Å². The molecule has 11 heavy (non-hydrogen) atoms. The van der Waals surface area contributed by atoms with Gasteiger partial charge >= 0.3 is 11.8 Å². The van der Waals surface area contributed by atoms with E-state index in [1.807, 2.05) is 0 Å². The molecule has 2 nitrogen and oxygen atoms in total. The second-order valence-electron chi connectivity index (χ2n) is 2.05. The van der Waals surface area contributed by atoms with Gasteiger partial charge in [0, 0.05) is 6.92 Å². The maximum Gasteiger partial charge on any atom is 0.371 e. The van der Waals surface area contributed by atoms with E-state index in [1.54, 1.807) is 0 Å². The van der Waals surface area contributed by atoms with E-state index in [0.29, 0.717) is 22.6 Å². The van der Waals surface area contributed by atoms with E-state index in [2.05, 4.69) is 0 Å². The van der Waals surface area contributed by atoms with Crippen molar-refractivity contribution in [3.8, 4) is 0 Å². The van der Waals surface area contributed by atoms with Gasteiger partial charge in [-0.1, -0.05) is 0 Å². The van der Waals surface area contributed by atoms with Crippen molar-refractivity contribution in [1.82, 2.24) is 0 Å². The lowest BCUT2D eigenvalue weighted by molar-refractivity contribution is -0.305. The van der Waals surface area contributed by atoms with Crippen LogP contribution in [0.15, 0.2) is 0 Å². The minimum Gasteiger partial charge on any atom is -0.353 e. The molecule has 0 rings (SSSR count). The first-order valence-electron chi connectivity index (χ1n) is 2.39. The molecule has 68 valence electrons. The van der Waals surface area contributed by atoms with Gasteiger partial charge in [-0.2, -0.15) is 17.6 Å². The smallest absolute Gasteiger partial charge is 0.353 e. The third kappa shape index (κ3) is 2.15. The molecule has 0 aromatic heterocycles. The summed E-state index contributed by atoms with van der Waals surface area (Å²) in [5.74, 6) is -9.32. The molecule has 0 saturated carbocycles. The molecule has 0 bridgehead atoms. The zero-order chi connectivity index (χ0) is 9.50. The fraction of sp³-hybridized carbons (Fsp3) is 1.00. The summed E-state index contributed by atoms with van der Waals surface area (Å²) in [5, 5.41) is 16.4. The standard InChI is InChI=1S/C4H5F4IO2/c1-2(5,6)3(7,8)4(9,10)11/h10-11H,1H3. The molecule has 7 heteroatoms. The number of hydrogen-bond donors (Lipinski definition) is 2. The number of hydrogen-bond acceptors (Lipinski definition) is 2. The molecule has 0 aromatic rings. The van der Waals surface area contributed by atoms with Crippen LogP contribution in [0.25, 0.3) is 0 Å². The Bertz CT molecular complexity index is 131. The molecular formula is C4H5F4IO2. The van der Waals surface area contributed by atoms with Gasteiger partial charge in [0.1, 0.15) is 0 Å². The van der Waals surface area contributed by atoms with Gasteiger partial charge in [0.15, 0.2) is 0 Å². The second-order valence-corrected chi connectivity index (χ2v) is 3.55. The molecule has 0 aliphatic rings. The van der Waals surface area contributed by atoms with Crippen molar-refractivity contribution in [2.75, 3.05) is 0 Å². The minimum absolute atomic E-state index is 0.0904. The zero-order valence-electron chi connectivity index (χ0n) is 5.28. The third-order valence-electron chi connectivity index (χ3n) is 0.951. The van der Waals surface area contributed by atoms with E-state index >= 15 is 0 Å². The minimum atomic E-state index is -4.86. The molecule has 2 N–H and O–H groups in total. The first-order chi connectivity index (χ1) is 4.50. The van der Waals surface area contributed by atoms with Crippen LogP contribution in [-0.4, -0.2) is 25.9 Å². The summed E-state index contributed by atoms with van der Waals surface area (Å²) in [4.78, 5) is 0. The van der Waals surface area contributed by atoms with Crippen LogP contribution in [-0.2, 0) is 0 Å². The fourth-order valence-electron chi connectivity index (χ4n) is 0.279. The summed E-state index contributed by atoms with van der Waals surface area (Å²) in [5.41, 5.74) is 0. The molecule has 0 fully saturated rings. The molecule has 0 aromatic carbocycles. The Morgan fingerprint density at radius 2 is 1.36 bits per heavy atom. The first-order valence-corrected chi connectivity index (χ1v) is 3.47. The van der Waals surface area contributed by atoms with Crippen LogP contribution in [0, 0.1) is 0 Å². The maximum absolute atomic E-state index is 12.2. The summed E-state index contributed by atoms with van der Waals surface area (Å²) in [6.07, 6.45) is 0. The second kappa shape index (κ2) is 2.70. The summed E-state index contributed by atoms with van der Waals surface area (Å²) >= 11 is 0.426. The van der Waals surface area contributed by atoms with Crippen molar-refractivity contribution in [3.05, 3.63) is 0 Å². The SMILES string of the molecule is CC(F)(F)C(F)(F)C(O)(O)I. The lowest BCUT2D eigenvalue weighted by Gasteiger charge is -2.29. The lowest BCUT2D eigenvalue weighted by atomic mass is 10.2. The Hall–Kier alpha value is 0.370. The highest BCUT2D eigenvalue weighted by molar-refractivity contribution is 14.1. The largest absolute Gasteiger partial charge is 0.371 e. The maximum atomic E-state index is 12.2. The van der Waals surface area contributed by atoms with E-state index in [9.17, 15) is 17.6 Å². The Morgan fingerprint density at radius 1 is 1.09 bits per heavy atom. The molecule has 0 atom stereocenters. The van der Waals surface area contributed by atoms with E-state index in [1.165, 1.54) is 0 Å². The molecule has 0 amide bonds. The molecule has 0 aliphatic heterocycles. The number of alkyl halides is 5. The molecule has 0 saturated heterocycles. The normalized spacial score (nSPS) is 15.3. The van der Waals surface area contributed by atoms with Gasteiger partial charge in [-0.25, -0.2) is 0 Å².